The Balaban J connectivity index is 2.32. The molecule has 0 aliphatic carbocycles. The number of hydrogen-bond acceptors (Lipinski definition) is 2. The monoisotopic (exact) mass is 205 g/mol. The van der Waals surface area contributed by atoms with Gasteiger partial charge in [-0.1, -0.05) is 18.2 Å². The van der Waals surface area contributed by atoms with Gasteiger partial charge in [0.05, 0.1) is 12.1 Å². The average Bonchev–Trinajstić information content (AvgIpc) is 2.44. The van der Waals surface area contributed by atoms with Crippen LogP contribution >= 0.6 is 0 Å². The van der Waals surface area contributed by atoms with Crippen molar-refractivity contribution in [2.75, 3.05) is 0 Å². The number of fused-ring (bicyclic) bond motifs is 1. The minimum Gasteiger partial charge on any atom is -0.267 e. The summed E-state index contributed by atoms with van der Waals surface area (Å²) in [6, 6.07) is 7.65. The number of rotatable bonds is 2. The molecule has 0 fully saturated rings. The van der Waals surface area contributed by atoms with Crippen molar-refractivity contribution in [2.24, 2.45) is 0 Å². The molecule has 0 spiro atoms. The van der Waals surface area contributed by atoms with E-state index in [1.807, 2.05) is 45.0 Å². The third-order valence-corrected chi connectivity index (χ3v) is 2.52. The van der Waals surface area contributed by atoms with Gasteiger partial charge >= 0.3 is 0 Å². The zero-order chi connectivity index (χ0) is 11.0. The van der Waals surface area contributed by atoms with E-state index in [2.05, 4.69) is 0 Å². The van der Waals surface area contributed by atoms with Crippen LogP contribution in [0.1, 0.15) is 42.7 Å². The van der Waals surface area contributed by atoms with Gasteiger partial charge in [-0.15, -0.1) is 0 Å². The summed E-state index contributed by atoms with van der Waals surface area (Å²) in [4.78, 5) is 17.4. The summed E-state index contributed by atoms with van der Waals surface area (Å²) in [5, 5.41) is 1.47. The summed E-state index contributed by atoms with van der Waals surface area (Å²) in [5.74, 6) is -0.0354. The number of carbonyl (C=O) groups is 1. The maximum Gasteiger partial charge on any atom is 0.278 e. The van der Waals surface area contributed by atoms with Crippen molar-refractivity contribution in [2.45, 2.75) is 32.9 Å². The van der Waals surface area contributed by atoms with Crippen molar-refractivity contribution in [1.82, 2.24) is 5.06 Å². The molecule has 1 unspecified atom stereocenters. The van der Waals surface area contributed by atoms with E-state index in [1.54, 1.807) is 0 Å². The molecule has 15 heavy (non-hydrogen) atoms. The van der Waals surface area contributed by atoms with Gasteiger partial charge in [-0.2, -0.15) is 0 Å². The lowest BCUT2D eigenvalue weighted by Gasteiger charge is -2.23. The molecule has 0 aromatic heterocycles. The molecule has 80 valence electrons. The van der Waals surface area contributed by atoms with Gasteiger partial charge < -0.3 is 0 Å². The molecule has 0 radical (unpaired) electrons. The Morgan fingerprint density at radius 1 is 1.33 bits per heavy atom. The Morgan fingerprint density at radius 3 is 2.60 bits per heavy atom. The van der Waals surface area contributed by atoms with E-state index in [4.69, 9.17) is 4.84 Å². The maximum absolute atomic E-state index is 11.9. The number of hydroxylamine groups is 2. The van der Waals surface area contributed by atoms with Gasteiger partial charge in [-0.3, -0.25) is 9.63 Å². The molecule has 1 aliphatic rings. The molecular weight excluding hydrogens is 190 g/mol. The second-order valence-corrected chi connectivity index (χ2v) is 4.05. The summed E-state index contributed by atoms with van der Waals surface area (Å²) >= 11 is 0. The van der Waals surface area contributed by atoms with Gasteiger partial charge in [0.1, 0.15) is 0 Å². The predicted octanol–water partition coefficient (Wildman–Crippen LogP) is 2.54. The molecule has 3 heteroatoms. The van der Waals surface area contributed by atoms with Crippen LogP contribution in [0.2, 0.25) is 0 Å². The minimum atomic E-state index is -0.0354. The van der Waals surface area contributed by atoms with E-state index in [9.17, 15) is 4.79 Å². The second-order valence-electron chi connectivity index (χ2n) is 4.05. The van der Waals surface area contributed by atoms with E-state index in [-0.39, 0.29) is 18.1 Å². The lowest BCUT2D eigenvalue weighted by Crippen LogP contribution is -2.29. The van der Waals surface area contributed by atoms with Gasteiger partial charge in [0.25, 0.3) is 5.91 Å². The minimum absolute atomic E-state index is 0.0103. The van der Waals surface area contributed by atoms with Gasteiger partial charge in [0.2, 0.25) is 0 Å². The molecule has 0 saturated carbocycles. The fraction of sp³-hybridized carbons (Fsp3) is 0.417. The molecule has 0 saturated heterocycles. The molecule has 0 bridgehead atoms. The van der Waals surface area contributed by atoms with E-state index in [0.29, 0.717) is 0 Å². The third-order valence-electron chi connectivity index (χ3n) is 2.52. The first-order valence-corrected chi connectivity index (χ1v) is 5.20. The standard InChI is InChI=1S/C12H15NO2/c1-8(2)15-13-9(3)10-6-4-5-7-11(10)12(13)14/h4-9H,1-3H3. The Labute approximate surface area is 89.6 Å². The van der Waals surface area contributed by atoms with E-state index >= 15 is 0 Å². The molecule has 1 heterocycles. The van der Waals surface area contributed by atoms with Crippen LogP contribution in [0.5, 0.6) is 0 Å². The summed E-state index contributed by atoms with van der Waals surface area (Å²) in [6.07, 6.45) is 0.0192. The van der Waals surface area contributed by atoms with Crippen LogP contribution in [-0.4, -0.2) is 17.1 Å². The Bertz CT molecular complexity index is 387. The second kappa shape index (κ2) is 3.66. The van der Waals surface area contributed by atoms with Gasteiger partial charge in [-0.05, 0) is 32.4 Å². The zero-order valence-corrected chi connectivity index (χ0v) is 9.23. The number of carbonyl (C=O) groups excluding carboxylic acids is 1. The third kappa shape index (κ3) is 1.63. The molecule has 2 rings (SSSR count). The SMILES string of the molecule is CC(C)ON1C(=O)c2ccccc2C1C. The smallest absolute Gasteiger partial charge is 0.267 e. The molecule has 1 atom stereocenters. The van der Waals surface area contributed by atoms with Crippen molar-refractivity contribution in [3.05, 3.63) is 35.4 Å². The summed E-state index contributed by atoms with van der Waals surface area (Å²) < 4.78 is 0. The van der Waals surface area contributed by atoms with Crippen LogP contribution in [-0.2, 0) is 4.84 Å². The fourth-order valence-electron chi connectivity index (χ4n) is 1.84. The highest BCUT2D eigenvalue weighted by atomic mass is 16.7. The number of hydrogen-bond donors (Lipinski definition) is 0. The van der Waals surface area contributed by atoms with Crippen LogP contribution in [0.15, 0.2) is 24.3 Å². The van der Waals surface area contributed by atoms with Crippen LogP contribution in [0.3, 0.4) is 0 Å². The largest absolute Gasteiger partial charge is 0.278 e. The highest BCUT2D eigenvalue weighted by Crippen LogP contribution is 2.33. The fourth-order valence-corrected chi connectivity index (χ4v) is 1.84. The van der Waals surface area contributed by atoms with Crippen molar-refractivity contribution in [3.8, 4) is 0 Å². The molecule has 1 amide bonds. The maximum atomic E-state index is 11.9. The molecule has 0 N–H and O–H groups in total. The first-order valence-electron chi connectivity index (χ1n) is 5.20. The molecular formula is C12H15NO2. The van der Waals surface area contributed by atoms with Crippen LogP contribution in [0.4, 0.5) is 0 Å². The van der Waals surface area contributed by atoms with Crippen molar-refractivity contribution < 1.29 is 9.63 Å². The van der Waals surface area contributed by atoms with Gasteiger partial charge in [-0.25, -0.2) is 5.06 Å². The number of amides is 1. The quantitative estimate of drug-likeness (QED) is 0.742. The van der Waals surface area contributed by atoms with Crippen molar-refractivity contribution >= 4 is 5.91 Å². The van der Waals surface area contributed by atoms with Crippen LogP contribution in [0.25, 0.3) is 0 Å². The average molecular weight is 205 g/mol. The first kappa shape index (κ1) is 10.2. The van der Waals surface area contributed by atoms with Crippen LogP contribution < -0.4 is 0 Å². The van der Waals surface area contributed by atoms with Crippen molar-refractivity contribution in [3.63, 3.8) is 0 Å². The summed E-state index contributed by atoms with van der Waals surface area (Å²) in [5.41, 5.74) is 1.80. The lowest BCUT2D eigenvalue weighted by molar-refractivity contribution is -0.169. The predicted molar refractivity (Wildman–Crippen MR) is 57.2 cm³/mol. The first-order chi connectivity index (χ1) is 7.11. The van der Waals surface area contributed by atoms with Crippen LogP contribution in [0, 0.1) is 0 Å². The van der Waals surface area contributed by atoms with E-state index < -0.39 is 0 Å². The molecule has 1 aliphatic heterocycles. The molecule has 1 aromatic rings. The van der Waals surface area contributed by atoms with Gasteiger partial charge in [0.15, 0.2) is 0 Å². The zero-order valence-electron chi connectivity index (χ0n) is 9.23. The Hall–Kier alpha value is -1.35. The normalized spacial score (nSPS) is 19.9. The highest BCUT2D eigenvalue weighted by molar-refractivity contribution is 5.98. The molecule has 1 aromatic carbocycles. The highest BCUT2D eigenvalue weighted by Gasteiger charge is 2.34. The topological polar surface area (TPSA) is 29.5 Å². The number of nitrogens with zero attached hydrogens (tertiary/aromatic N) is 1. The van der Waals surface area contributed by atoms with Crippen molar-refractivity contribution in [1.29, 1.82) is 0 Å². The van der Waals surface area contributed by atoms with E-state index in [1.165, 1.54) is 5.06 Å². The lowest BCUT2D eigenvalue weighted by atomic mass is 10.1. The summed E-state index contributed by atoms with van der Waals surface area (Å²) in [7, 11) is 0. The Kier molecular flexibility index (Phi) is 2.49. The molecule has 3 nitrogen and oxygen atoms in total. The van der Waals surface area contributed by atoms with E-state index in [0.717, 1.165) is 11.1 Å². The van der Waals surface area contributed by atoms with Gasteiger partial charge in [0, 0.05) is 5.56 Å². The number of benzene rings is 1. The summed E-state index contributed by atoms with van der Waals surface area (Å²) in [6.45, 7) is 5.82. The Morgan fingerprint density at radius 2 is 2.00 bits per heavy atom.